The first-order chi connectivity index (χ1) is 18.3. The molecule has 0 bridgehead atoms. The van der Waals surface area contributed by atoms with Gasteiger partial charge >= 0.3 is 0 Å². The predicted octanol–water partition coefficient (Wildman–Crippen LogP) is 6.39. The van der Waals surface area contributed by atoms with E-state index < -0.39 is 0 Å². The molecule has 1 fully saturated rings. The van der Waals surface area contributed by atoms with E-state index in [4.69, 9.17) is 32.2 Å². The lowest BCUT2D eigenvalue weighted by Gasteiger charge is -2.29. The number of hydrogen-bond donors (Lipinski definition) is 2. The lowest BCUT2D eigenvalue weighted by molar-refractivity contribution is 0.0890. The van der Waals surface area contributed by atoms with Gasteiger partial charge in [-0.2, -0.15) is 0 Å². The molecule has 2 aromatic carbocycles. The Balaban J connectivity index is 1.22. The summed E-state index contributed by atoms with van der Waals surface area (Å²) in [4.78, 5) is 26.4. The van der Waals surface area contributed by atoms with E-state index in [2.05, 4.69) is 20.9 Å². The molecule has 2 aromatic heterocycles. The Bertz CT molecular complexity index is 1380. The van der Waals surface area contributed by atoms with Crippen LogP contribution in [0, 0.1) is 13.8 Å². The first kappa shape index (κ1) is 26.0. The fraction of sp³-hybridized carbons (Fsp3) is 0.286. The quantitative estimate of drug-likeness (QED) is 0.286. The molecule has 2 amide bonds. The Morgan fingerprint density at radius 1 is 0.711 bits per heavy atom. The molecule has 38 heavy (non-hydrogen) atoms. The SMILES string of the molecule is Cc1onc(-c2ccccc2Cl)c1C(=O)NC1CCC(NC(=O)c2c(-c3ccccc3Cl)noc2C)CC1. The third-order valence-corrected chi connectivity index (χ3v) is 7.49. The molecule has 0 radical (unpaired) electrons. The summed E-state index contributed by atoms with van der Waals surface area (Å²) in [5.74, 6) is 0.347. The number of halogens is 2. The van der Waals surface area contributed by atoms with Gasteiger partial charge in [0.1, 0.15) is 34.0 Å². The highest BCUT2D eigenvalue weighted by molar-refractivity contribution is 6.33. The Morgan fingerprint density at radius 3 is 1.45 bits per heavy atom. The summed E-state index contributed by atoms with van der Waals surface area (Å²) < 4.78 is 10.7. The first-order valence-corrected chi connectivity index (χ1v) is 13.1. The van der Waals surface area contributed by atoms with Crippen molar-refractivity contribution in [3.8, 4) is 22.5 Å². The molecule has 1 aliphatic carbocycles. The Labute approximate surface area is 229 Å². The first-order valence-electron chi connectivity index (χ1n) is 12.4. The number of aromatic nitrogens is 2. The maximum atomic E-state index is 13.2. The van der Waals surface area contributed by atoms with Crippen molar-refractivity contribution in [1.29, 1.82) is 0 Å². The van der Waals surface area contributed by atoms with Crippen molar-refractivity contribution in [3.05, 3.63) is 81.2 Å². The summed E-state index contributed by atoms with van der Waals surface area (Å²) in [6, 6.07) is 14.3. The van der Waals surface area contributed by atoms with Gasteiger partial charge in [0.25, 0.3) is 11.8 Å². The van der Waals surface area contributed by atoms with E-state index in [1.54, 1.807) is 38.1 Å². The van der Waals surface area contributed by atoms with E-state index >= 15 is 0 Å². The number of aryl methyl sites for hydroxylation is 2. The van der Waals surface area contributed by atoms with Crippen LogP contribution in [0.25, 0.3) is 22.5 Å². The highest BCUT2D eigenvalue weighted by atomic mass is 35.5. The van der Waals surface area contributed by atoms with Crippen molar-refractivity contribution < 1.29 is 18.6 Å². The monoisotopic (exact) mass is 552 g/mol. The minimum Gasteiger partial charge on any atom is -0.360 e. The van der Waals surface area contributed by atoms with Gasteiger partial charge in [-0.25, -0.2) is 0 Å². The van der Waals surface area contributed by atoms with E-state index in [1.165, 1.54) is 0 Å². The number of nitrogens with zero attached hydrogens (tertiary/aromatic N) is 2. The number of carbonyl (C=O) groups is 2. The summed E-state index contributed by atoms with van der Waals surface area (Å²) in [5, 5.41) is 15.4. The molecule has 2 heterocycles. The molecule has 4 aromatic rings. The molecule has 5 rings (SSSR count). The van der Waals surface area contributed by atoms with Crippen molar-refractivity contribution in [1.82, 2.24) is 20.9 Å². The van der Waals surface area contributed by atoms with Gasteiger partial charge in [-0.15, -0.1) is 0 Å². The molecule has 0 atom stereocenters. The summed E-state index contributed by atoms with van der Waals surface area (Å²) in [6.07, 6.45) is 2.84. The van der Waals surface area contributed by atoms with E-state index in [-0.39, 0.29) is 23.9 Å². The molecule has 2 N–H and O–H groups in total. The van der Waals surface area contributed by atoms with Crippen LogP contribution in [0.15, 0.2) is 57.6 Å². The summed E-state index contributed by atoms with van der Waals surface area (Å²) in [5.41, 5.74) is 2.88. The van der Waals surface area contributed by atoms with E-state index in [1.807, 2.05) is 24.3 Å². The number of benzene rings is 2. The van der Waals surface area contributed by atoms with Gasteiger partial charge in [0.05, 0.1) is 10.0 Å². The molecule has 1 saturated carbocycles. The van der Waals surface area contributed by atoms with Crippen LogP contribution in [0.3, 0.4) is 0 Å². The Morgan fingerprint density at radius 2 is 1.08 bits per heavy atom. The number of amides is 2. The van der Waals surface area contributed by atoms with Gasteiger partial charge in [0, 0.05) is 23.2 Å². The normalized spacial score (nSPS) is 17.3. The fourth-order valence-corrected chi connectivity index (χ4v) is 5.30. The van der Waals surface area contributed by atoms with Crippen LogP contribution in [0.4, 0.5) is 0 Å². The lowest BCUT2D eigenvalue weighted by atomic mass is 9.90. The van der Waals surface area contributed by atoms with Gasteiger partial charge in [0.2, 0.25) is 0 Å². The molecule has 10 heteroatoms. The third-order valence-electron chi connectivity index (χ3n) is 6.84. The molecular weight excluding hydrogens is 527 g/mol. The predicted molar refractivity (Wildman–Crippen MR) is 144 cm³/mol. The van der Waals surface area contributed by atoms with Crippen LogP contribution in [-0.2, 0) is 0 Å². The van der Waals surface area contributed by atoms with Gasteiger partial charge in [-0.1, -0.05) is 69.9 Å². The highest BCUT2D eigenvalue weighted by Gasteiger charge is 2.30. The zero-order valence-electron chi connectivity index (χ0n) is 20.9. The molecule has 1 aliphatic rings. The average Bonchev–Trinajstić information content (AvgIpc) is 3.48. The van der Waals surface area contributed by atoms with Gasteiger partial charge in [-0.05, 0) is 51.7 Å². The third kappa shape index (κ3) is 5.19. The molecule has 0 saturated heterocycles. The lowest BCUT2D eigenvalue weighted by Crippen LogP contribution is -2.44. The molecule has 0 unspecified atom stereocenters. The zero-order chi connectivity index (χ0) is 26.8. The van der Waals surface area contributed by atoms with E-state index in [0.29, 0.717) is 80.9 Å². The maximum absolute atomic E-state index is 13.2. The van der Waals surface area contributed by atoms with Gasteiger partial charge in [-0.3, -0.25) is 9.59 Å². The highest BCUT2D eigenvalue weighted by Crippen LogP contribution is 2.33. The van der Waals surface area contributed by atoms with Crippen molar-refractivity contribution in [2.45, 2.75) is 51.6 Å². The molecule has 0 spiro atoms. The molecule has 8 nitrogen and oxygen atoms in total. The fourth-order valence-electron chi connectivity index (χ4n) is 4.85. The maximum Gasteiger partial charge on any atom is 0.257 e. The second kappa shape index (κ2) is 11.0. The molecule has 0 aliphatic heterocycles. The van der Waals surface area contributed by atoms with Crippen molar-refractivity contribution >= 4 is 35.0 Å². The van der Waals surface area contributed by atoms with Crippen LogP contribution < -0.4 is 10.6 Å². The Kier molecular flexibility index (Phi) is 7.53. The number of rotatable bonds is 6. The van der Waals surface area contributed by atoms with Crippen LogP contribution >= 0.6 is 23.2 Å². The second-order valence-corrected chi connectivity index (χ2v) is 10.2. The molecule has 196 valence electrons. The van der Waals surface area contributed by atoms with Gasteiger partial charge in [0.15, 0.2) is 0 Å². The van der Waals surface area contributed by atoms with Crippen molar-refractivity contribution in [2.24, 2.45) is 0 Å². The minimum absolute atomic E-state index is 0.0416. The zero-order valence-corrected chi connectivity index (χ0v) is 22.4. The number of hydrogen-bond acceptors (Lipinski definition) is 6. The van der Waals surface area contributed by atoms with Crippen LogP contribution in [0.2, 0.25) is 10.0 Å². The number of carbonyl (C=O) groups excluding carboxylic acids is 2. The largest absolute Gasteiger partial charge is 0.360 e. The number of nitrogens with one attached hydrogen (secondary N) is 2. The van der Waals surface area contributed by atoms with Crippen molar-refractivity contribution in [3.63, 3.8) is 0 Å². The minimum atomic E-state index is -0.254. The van der Waals surface area contributed by atoms with Crippen molar-refractivity contribution in [2.75, 3.05) is 0 Å². The van der Waals surface area contributed by atoms with E-state index in [0.717, 1.165) is 0 Å². The van der Waals surface area contributed by atoms with Crippen LogP contribution in [0.1, 0.15) is 57.9 Å². The second-order valence-electron chi connectivity index (χ2n) is 9.38. The standard InChI is InChI=1S/C28H26Cl2N4O4/c1-15-23(25(33-37-15)19-7-3-5-9-21(19)29)27(35)31-17-11-13-18(14-12-17)32-28(36)24-16(2)38-34-26(24)20-8-4-6-10-22(20)30/h3-10,17-18H,11-14H2,1-2H3,(H,31,35)(H,32,36). The summed E-state index contributed by atoms with van der Waals surface area (Å²) in [6.45, 7) is 3.41. The smallest absolute Gasteiger partial charge is 0.257 e. The van der Waals surface area contributed by atoms with Crippen LogP contribution in [0.5, 0.6) is 0 Å². The Hall–Kier alpha value is -3.62. The summed E-state index contributed by atoms with van der Waals surface area (Å²) >= 11 is 12.7. The summed E-state index contributed by atoms with van der Waals surface area (Å²) in [7, 11) is 0. The molecular formula is C28H26Cl2N4O4. The topological polar surface area (TPSA) is 110 Å². The average molecular weight is 553 g/mol. The van der Waals surface area contributed by atoms with E-state index in [9.17, 15) is 9.59 Å². The van der Waals surface area contributed by atoms with Gasteiger partial charge < -0.3 is 19.7 Å². The van der Waals surface area contributed by atoms with Crippen LogP contribution in [-0.4, -0.2) is 34.2 Å².